The van der Waals surface area contributed by atoms with Gasteiger partial charge >= 0.3 is 0 Å². The van der Waals surface area contributed by atoms with E-state index in [1.807, 2.05) is 42.5 Å². The Bertz CT molecular complexity index is 1020. The van der Waals surface area contributed by atoms with Crippen molar-refractivity contribution >= 4 is 11.6 Å². The summed E-state index contributed by atoms with van der Waals surface area (Å²) in [4.78, 5) is 11.3. The van der Waals surface area contributed by atoms with Gasteiger partial charge in [-0.25, -0.2) is 9.97 Å². The van der Waals surface area contributed by atoms with Gasteiger partial charge in [-0.2, -0.15) is 5.26 Å². The second-order valence-corrected chi connectivity index (χ2v) is 7.07. The van der Waals surface area contributed by atoms with Crippen LogP contribution in [0.3, 0.4) is 0 Å². The van der Waals surface area contributed by atoms with Crippen LogP contribution >= 0.6 is 0 Å². The fraction of sp³-hybridized carbons (Fsp3) is 0.261. The van der Waals surface area contributed by atoms with Gasteiger partial charge < -0.3 is 10.1 Å². The van der Waals surface area contributed by atoms with Crippen molar-refractivity contribution in [3.05, 3.63) is 65.9 Å². The van der Waals surface area contributed by atoms with Gasteiger partial charge in [-0.15, -0.1) is 0 Å². The summed E-state index contributed by atoms with van der Waals surface area (Å²) in [5.74, 6) is 1.29. The molecule has 0 atom stereocenters. The van der Waals surface area contributed by atoms with Crippen molar-refractivity contribution in [3.63, 3.8) is 0 Å². The Morgan fingerprint density at radius 2 is 1.93 bits per heavy atom. The second kappa shape index (κ2) is 8.72. The molecule has 6 nitrogen and oxygen atoms in total. The molecule has 0 aliphatic carbocycles. The first kappa shape index (κ1) is 18.9. The summed E-state index contributed by atoms with van der Waals surface area (Å²) in [5, 5.41) is 12.6. The minimum atomic E-state index is 0.442. The van der Waals surface area contributed by atoms with E-state index in [1.165, 1.54) is 18.4 Å². The summed E-state index contributed by atoms with van der Waals surface area (Å²) in [6.45, 7) is 3.18. The average molecular weight is 385 g/mol. The third kappa shape index (κ3) is 4.36. The lowest BCUT2D eigenvalue weighted by molar-refractivity contribution is 0.321. The Morgan fingerprint density at radius 3 is 2.66 bits per heavy atom. The minimum absolute atomic E-state index is 0.442. The van der Waals surface area contributed by atoms with Crippen LogP contribution in [0, 0.1) is 11.3 Å². The summed E-state index contributed by atoms with van der Waals surface area (Å²) in [7, 11) is 1.69. The first-order valence-electron chi connectivity index (χ1n) is 9.75. The number of nitrogens with zero attached hydrogens (tertiary/aromatic N) is 4. The highest BCUT2D eigenvalue weighted by Crippen LogP contribution is 2.28. The van der Waals surface area contributed by atoms with Crippen LogP contribution in [-0.2, 0) is 6.54 Å². The standard InChI is InChI=1S/C23H23N5O/c1-29-21-13-20(10-9-18(21)16-28-11-5-6-12-28)26-23-25-15-19(14-24)22(27-23)17-7-3-2-4-8-17/h2-4,7-10,13,15H,5-6,11-12,16H2,1H3,(H,25,26,27). The molecule has 0 bridgehead atoms. The Balaban J connectivity index is 1.58. The number of likely N-dealkylation sites (tertiary alicyclic amines) is 1. The van der Waals surface area contributed by atoms with Crippen molar-refractivity contribution in [2.45, 2.75) is 19.4 Å². The molecular weight excluding hydrogens is 362 g/mol. The molecule has 1 aliphatic rings. The number of benzene rings is 2. The van der Waals surface area contributed by atoms with Gasteiger partial charge in [0.2, 0.25) is 5.95 Å². The maximum atomic E-state index is 9.41. The highest BCUT2D eigenvalue weighted by atomic mass is 16.5. The fourth-order valence-corrected chi connectivity index (χ4v) is 3.60. The number of aromatic nitrogens is 2. The van der Waals surface area contributed by atoms with Crippen LogP contribution in [0.5, 0.6) is 5.75 Å². The van der Waals surface area contributed by atoms with Gasteiger partial charge in [-0.1, -0.05) is 36.4 Å². The molecule has 0 spiro atoms. The van der Waals surface area contributed by atoms with E-state index in [4.69, 9.17) is 4.74 Å². The number of ether oxygens (including phenoxy) is 1. The minimum Gasteiger partial charge on any atom is -0.496 e. The van der Waals surface area contributed by atoms with Gasteiger partial charge in [0.05, 0.1) is 24.6 Å². The van der Waals surface area contributed by atoms with Gasteiger partial charge in [0.1, 0.15) is 11.8 Å². The molecule has 0 radical (unpaired) electrons. The number of nitrogens with one attached hydrogen (secondary N) is 1. The summed E-state index contributed by atoms with van der Waals surface area (Å²) in [6, 6.07) is 17.9. The zero-order valence-corrected chi connectivity index (χ0v) is 16.4. The molecule has 146 valence electrons. The van der Waals surface area contributed by atoms with E-state index in [0.717, 1.165) is 36.6 Å². The Hall–Kier alpha value is -3.43. The summed E-state index contributed by atoms with van der Waals surface area (Å²) < 4.78 is 5.61. The SMILES string of the molecule is COc1cc(Nc2ncc(C#N)c(-c3ccccc3)n2)ccc1CN1CCCC1. The molecule has 0 unspecified atom stereocenters. The molecule has 1 aliphatic heterocycles. The number of hydrogen-bond acceptors (Lipinski definition) is 6. The zero-order valence-electron chi connectivity index (χ0n) is 16.4. The smallest absolute Gasteiger partial charge is 0.227 e. The highest BCUT2D eigenvalue weighted by molar-refractivity contribution is 5.68. The van der Waals surface area contributed by atoms with E-state index < -0.39 is 0 Å². The van der Waals surface area contributed by atoms with Crippen molar-refractivity contribution in [3.8, 4) is 23.1 Å². The summed E-state index contributed by atoms with van der Waals surface area (Å²) >= 11 is 0. The number of rotatable bonds is 6. The first-order chi connectivity index (χ1) is 14.3. The molecule has 6 heteroatoms. The van der Waals surface area contributed by atoms with Crippen LogP contribution < -0.4 is 10.1 Å². The van der Waals surface area contributed by atoms with Crippen LogP contribution in [0.25, 0.3) is 11.3 Å². The van der Waals surface area contributed by atoms with Gasteiger partial charge in [0.15, 0.2) is 0 Å². The summed E-state index contributed by atoms with van der Waals surface area (Å²) in [6.07, 6.45) is 4.08. The number of hydrogen-bond donors (Lipinski definition) is 1. The van der Waals surface area contributed by atoms with Crippen molar-refractivity contribution in [1.82, 2.24) is 14.9 Å². The van der Waals surface area contributed by atoms with Gasteiger partial charge in [-0.05, 0) is 32.0 Å². The van der Waals surface area contributed by atoms with Crippen LogP contribution in [0.1, 0.15) is 24.0 Å². The van der Waals surface area contributed by atoms with Crippen LogP contribution in [-0.4, -0.2) is 35.1 Å². The second-order valence-electron chi connectivity index (χ2n) is 7.07. The van der Waals surface area contributed by atoms with E-state index >= 15 is 0 Å². The molecule has 3 aromatic rings. The largest absolute Gasteiger partial charge is 0.496 e. The van der Waals surface area contributed by atoms with Crippen LogP contribution in [0.15, 0.2) is 54.7 Å². The molecule has 0 amide bonds. The fourth-order valence-electron chi connectivity index (χ4n) is 3.60. The first-order valence-corrected chi connectivity index (χ1v) is 9.75. The van der Waals surface area contributed by atoms with Crippen molar-refractivity contribution in [2.24, 2.45) is 0 Å². The van der Waals surface area contributed by atoms with E-state index in [0.29, 0.717) is 17.2 Å². The third-order valence-corrected chi connectivity index (χ3v) is 5.09. The van der Waals surface area contributed by atoms with Gasteiger partial charge in [0, 0.05) is 29.4 Å². The molecule has 2 heterocycles. The number of methoxy groups -OCH3 is 1. The topological polar surface area (TPSA) is 74.1 Å². The maximum absolute atomic E-state index is 9.41. The Kier molecular flexibility index (Phi) is 5.68. The van der Waals surface area contributed by atoms with E-state index in [1.54, 1.807) is 13.3 Å². The maximum Gasteiger partial charge on any atom is 0.227 e. The molecule has 4 rings (SSSR count). The monoisotopic (exact) mass is 385 g/mol. The normalized spacial score (nSPS) is 13.8. The van der Waals surface area contributed by atoms with Crippen molar-refractivity contribution in [1.29, 1.82) is 5.26 Å². The van der Waals surface area contributed by atoms with Crippen molar-refractivity contribution in [2.75, 3.05) is 25.5 Å². The van der Waals surface area contributed by atoms with Crippen LogP contribution in [0.4, 0.5) is 11.6 Å². The number of anilines is 2. The zero-order chi connectivity index (χ0) is 20.1. The van der Waals surface area contributed by atoms with Gasteiger partial charge in [0.25, 0.3) is 0 Å². The molecular formula is C23H23N5O. The third-order valence-electron chi connectivity index (χ3n) is 5.09. The predicted octanol–water partition coefficient (Wildman–Crippen LogP) is 4.36. The number of nitriles is 1. The van der Waals surface area contributed by atoms with Gasteiger partial charge in [-0.3, -0.25) is 4.90 Å². The van der Waals surface area contributed by atoms with E-state index in [2.05, 4.69) is 32.3 Å². The predicted molar refractivity (Wildman–Crippen MR) is 113 cm³/mol. The van der Waals surface area contributed by atoms with E-state index in [-0.39, 0.29) is 0 Å². The molecule has 1 N–H and O–H groups in total. The molecule has 1 aromatic heterocycles. The highest BCUT2D eigenvalue weighted by Gasteiger charge is 2.15. The molecule has 1 fully saturated rings. The molecule has 2 aromatic carbocycles. The lowest BCUT2D eigenvalue weighted by Gasteiger charge is -2.18. The molecule has 0 saturated carbocycles. The quantitative estimate of drug-likeness (QED) is 0.679. The summed E-state index contributed by atoms with van der Waals surface area (Å²) in [5.41, 5.74) is 3.96. The molecule has 1 saturated heterocycles. The van der Waals surface area contributed by atoms with Crippen LogP contribution in [0.2, 0.25) is 0 Å². The average Bonchev–Trinajstić information content (AvgIpc) is 3.28. The Labute approximate surface area is 170 Å². The van der Waals surface area contributed by atoms with Crippen molar-refractivity contribution < 1.29 is 4.74 Å². The lowest BCUT2D eigenvalue weighted by atomic mass is 10.1. The lowest BCUT2D eigenvalue weighted by Crippen LogP contribution is -2.18. The van der Waals surface area contributed by atoms with E-state index in [9.17, 15) is 5.26 Å². The Morgan fingerprint density at radius 1 is 1.14 bits per heavy atom. The molecule has 29 heavy (non-hydrogen) atoms.